The standard InChI is InChI=1S/C14H16ClN3O/c1-2-11(16)8-13(19)18-12-7-10(15)6-9-4-3-5-17-14(9)12/h3-7,11H,2,8,16H2,1H3,(H,18,19). The van der Waals surface area contributed by atoms with Crippen molar-refractivity contribution >= 4 is 34.1 Å². The van der Waals surface area contributed by atoms with E-state index < -0.39 is 0 Å². The lowest BCUT2D eigenvalue weighted by Gasteiger charge is -2.11. The molecule has 2 aromatic rings. The molecule has 0 bridgehead atoms. The first-order valence-electron chi connectivity index (χ1n) is 6.20. The van der Waals surface area contributed by atoms with E-state index in [1.54, 1.807) is 12.3 Å². The summed E-state index contributed by atoms with van der Waals surface area (Å²) in [5, 5.41) is 4.28. The molecule has 0 aliphatic heterocycles. The number of carbonyl (C=O) groups excluding carboxylic acids is 1. The molecule has 1 unspecified atom stereocenters. The summed E-state index contributed by atoms with van der Waals surface area (Å²) in [6.45, 7) is 1.95. The van der Waals surface area contributed by atoms with Gasteiger partial charge in [0.1, 0.15) is 0 Å². The Labute approximate surface area is 117 Å². The first-order chi connectivity index (χ1) is 9.10. The van der Waals surface area contributed by atoms with Gasteiger partial charge in [-0.05, 0) is 24.6 Å². The highest BCUT2D eigenvalue weighted by Crippen LogP contribution is 2.26. The minimum absolute atomic E-state index is 0.122. The van der Waals surface area contributed by atoms with Gasteiger partial charge in [0.25, 0.3) is 0 Å². The number of amides is 1. The van der Waals surface area contributed by atoms with Gasteiger partial charge in [-0.2, -0.15) is 0 Å². The maximum absolute atomic E-state index is 11.9. The number of nitrogens with zero attached hydrogens (tertiary/aromatic N) is 1. The molecule has 0 radical (unpaired) electrons. The van der Waals surface area contributed by atoms with E-state index in [0.717, 1.165) is 17.3 Å². The zero-order valence-corrected chi connectivity index (χ0v) is 11.4. The second-order valence-electron chi connectivity index (χ2n) is 4.45. The van der Waals surface area contributed by atoms with Gasteiger partial charge in [0.2, 0.25) is 5.91 Å². The van der Waals surface area contributed by atoms with Gasteiger partial charge in [-0.25, -0.2) is 0 Å². The first kappa shape index (κ1) is 13.8. The summed E-state index contributed by atoms with van der Waals surface area (Å²) in [4.78, 5) is 16.1. The zero-order valence-electron chi connectivity index (χ0n) is 10.7. The summed E-state index contributed by atoms with van der Waals surface area (Å²) in [5.41, 5.74) is 7.12. The Hall–Kier alpha value is -1.65. The molecular formula is C14H16ClN3O. The van der Waals surface area contributed by atoms with E-state index >= 15 is 0 Å². The van der Waals surface area contributed by atoms with Gasteiger partial charge in [-0.3, -0.25) is 9.78 Å². The Balaban J connectivity index is 2.27. The first-order valence-corrected chi connectivity index (χ1v) is 6.57. The van der Waals surface area contributed by atoms with E-state index in [0.29, 0.717) is 10.7 Å². The predicted molar refractivity (Wildman–Crippen MR) is 78.3 cm³/mol. The van der Waals surface area contributed by atoms with Gasteiger partial charge < -0.3 is 11.1 Å². The monoisotopic (exact) mass is 277 g/mol. The number of carbonyl (C=O) groups is 1. The van der Waals surface area contributed by atoms with Crippen LogP contribution in [0, 0.1) is 0 Å². The minimum Gasteiger partial charge on any atom is -0.327 e. The van der Waals surface area contributed by atoms with Crippen molar-refractivity contribution < 1.29 is 4.79 Å². The van der Waals surface area contributed by atoms with Crippen molar-refractivity contribution in [3.05, 3.63) is 35.5 Å². The van der Waals surface area contributed by atoms with E-state index in [4.69, 9.17) is 17.3 Å². The van der Waals surface area contributed by atoms with E-state index in [1.165, 1.54) is 0 Å². The summed E-state index contributed by atoms with van der Waals surface area (Å²) in [6.07, 6.45) is 2.74. The van der Waals surface area contributed by atoms with Crippen molar-refractivity contribution in [2.45, 2.75) is 25.8 Å². The number of aromatic nitrogens is 1. The van der Waals surface area contributed by atoms with Gasteiger partial charge in [0.15, 0.2) is 0 Å². The maximum Gasteiger partial charge on any atom is 0.225 e. The lowest BCUT2D eigenvalue weighted by atomic mass is 10.1. The molecule has 1 aromatic carbocycles. The van der Waals surface area contributed by atoms with Crippen molar-refractivity contribution in [2.24, 2.45) is 5.73 Å². The van der Waals surface area contributed by atoms with Gasteiger partial charge in [-0.1, -0.05) is 24.6 Å². The third kappa shape index (κ3) is 3.43. The molecule has 3 N–H and O–H groups in total. The van der Waals surface area contributed by atoms with Crippen LogP contribution in [0.4, 0.5) is 5.69 Å². The summed E-state index contributed by atoms with van der Waals surface area (Å²) in [5.74, 6) is -0.122. The van der Waals surface area contributed by atoms with Crippen molar-refractivity contribution in [1.82, 2.24) is 4.98 Å². The number of hydrogen-bond donors (Lipinski definition) is 2. The quantitative estimate of drug-likeness (QED) is 0.903. The summed E-state index contributed by atoms with van der Waals surface area (Å²) >= 11 is 6.04. The number of halogens is 1. The number of pyridine rings is 1. The van der Waals surface area contributed by atoms with Crippen LogP contribution < -0.4 is 11.1 Å². The molecule has 19 heavy (non-hydrogen) atoms. The number of rotatable bonds is 4. The third-order valence-electron chi connectivity index (χ3n) is 2.92. The van der Waals surface area contributed by atoms with Crippen LogP contribution in [0.25, 0.3) is 10.9 Å². The molecule has 1 amide bonds. The SMILES string of the molecule is CCC(N)CC(=O)Nc1cc(Cl)cc2cccnc12. The van der Waals surface area contributed by atoms with E-state index in [1.807, 2.05) is 25.1 Å². The smallest absolute Gasteiger partial charge is 0.225 e. The molecule has 0 saturated carbocycles. The fourth-order valence-electron chi connectivity index (χ4n) is 1.83. The Kier molecular flexibility index (Phi) is 4.35. The topological polar surface area (TPSA) is 68.0 Å². The van der Waals surface area contributed by atoms with Crippen LogP contribution in [0.2, 0.25) is 5.02 Å². The fraction of sp³-hybridized carbons (Fsp3) is 0.286. The van der Waals surface area contributed by atoms with Gasteiger partial charge in [0.05, 0.1) is 11.2 Å². The Bertz CT molecular complexity index is 600. The number of fused-ring (bicyclic) bond motifs is 1. The maximum atomic E-state index is 11.9. The number of benzene rings is 1. The average molecular weight is 278 g/mol. The van der Waals surface area contributed by atoms with Crippen LogP contribution in [0.1, 0.15) is 19.8 Å². The third-order valence-corrected chi connectivity index (χ3v) is 3.13. The molecule has 0 spiro atoms. The molecular weight excluding hydrogens is 262 g/mol. The molecule has 1 heterocycles. The van der Waals surface area contributed by atoms with Crippen LogP contribution in [0.3, 0.4) is 0 Å². The lowest BCUT2D eigenvalue weighted by Crippen LogP contribution is -2.26. The van der Waals surface area contributed by atoms with E-state index in [2.05, 4.69) is 10.3 Å². The molecule has 0 aliphatic carbocycles. The summed E-state index contributed by atoms with van der Waals surface area (Å²) < 4.78 is 0. The minimum atomic E-state index is -0.126. The summed E-state index contributed by atoms with van der Waals surface area (Å²) in [7, 11) is 0. The fourth-order valence-corrected chi connectivity index (χ4v) is 2.06. The van der Waals surface area contributed by atoms with Gasteiger partial charge in [0, 0.05) is 29.1 Å². The van der Waals surface area contributed by atoms with Crippen LogP contribution in [-0.2, 0) is 4.79 Å². The Morgan fingerprint density at radius 2 is 2.32 bits per heavy atom. The highest BCUT2D eigenvalue weighted by molar-refractivity contribution is 6.32. The number of nitrogens with two attached hydrogens (primary N) is 1. The van der Waals surface area contributed by atoms with Crippen molar-refractivity contribution in [1.29, 1.82) is 0 Å². The molecule has 1 atom stereocenters. The zero-order chi connectivity index (χ0) is 13.8. The number of nitrogens with one attached hydrogen (secondary N) is 1. The van der Waals surface area contributed by atoms with E-state index in [-0.39, 0.29) is 18.4 Å². The normalized spacial score (nSPS) is 12.4. The molecule has 1 aromatic heterocycles. The number of anilines is 1. The van der Waals surface area contributed by atoms with Crippen LogP contribution in [0.15, 0.2) is 30.5 Å². The van der Waals surface area contributed by atoms with Gasteiger partial charge >= 0.3 is 0 Å². The molecule has 100 valence electrons. The second kappa shape index (κ2) is 5.99. The van der Waals surface area contributed by atoms with Crippen molar-refractivity contribution in [2.75, 3.05) is 5.32 Å². The lowest BCUT2D eigenvalue weighted by molar-refractivity contribution is -0.116. The van der Waals surface area contributed by atoms with Crippen LogP contribution >= 0.6 is 11.6 Å². The average Bonchev–Trinajstić information content (AvgIpc) is 2.38. The second-order valence-corrected chi connectivity index (χ2v) is 4.89. The van der Waals surface area contributed by atoms with E-state index in [9.17, 15) is 4.79 Å². The van der Waals surface area contributed by atoms with Crippen molar-refractivity contribution in [3.63, 3.8) is 0 Å². The number of hydrogen-bond acceptors (Lipinski definition) is 3. The van der Waals surface area contributed by atoms with Crippen LogP contribution in [0.5, 0.6) is 0 Å². The van der Waals surface area contributed by atoms with Gasteiger partial charge in [-0.15, -0.1) is 0 Å². The Morgan fingerprint density at radius 3 is 3.05 bits per heavy atom. The Morgan fingerprint density at radius 1 is 1.53 bits per heavy atom. The molecule has 4 nitrogen and oxygen atoms in total. The van der Waals surface area contributed by atoms with Crippen molar-refractivity contribution in [3.8, 4) is 0 Å². The predicted octanol–water partition coefficient (Wildman–Crippen LogP) is 2.95. The highest BCUT2D eigenvalue weighted by atomic mass is 35.5. The molecule has 5 heteroatoms. The molecule has 0 fully saturated rings. The largest absolute Gasteiger partial charge is 0.327 e. The van der Waals surface area contributed by atoms with Crippen LogP contribution in [-0.4, -0.2) is 16.9 Å². The molecule has 2 rings (SSSR count). The molecule has 0 aliphatic rings. The highest BCUT2D eigenvalue weighted by Gasteiger charge is 2.11. The molecule has 0 saturated heterocycles. The summed E-state index contributed by atoms with van der Waals surface area (Å²) in [6, 6.07) is 7.13.